The minimum absolute atomic E-state index is 0.0479. The van der Waals surface area contributed by atoms with Gasteiger partial charge in [0.25, 0.3) is 5.91 Å². The van der Waals surface area contributed by atoms with Crippen molar-refractivity contribution in [3.05, 3.63) is 18.0 Å². The van der Waals surface area contributed by atoms with Crippen LogP contribution < -0.4 is 0 Å². The van der Waals surface area contributed by atoms with E-state index in [-0.39, 0.29) is 23.7 Å². The van der Waals surface area contributed by atoms with Crippen LogP contribution in [0.2, 0.25) is 0 Å². The first-order valence-corrected chi connectivity index (χ1v) is 5.88. The fourth-order valence-electron chi connectivity index (χ4n) is 2.54. The third-order valence-corrected chi connectivity index (χ3v) is 3.48. The number of hydrogen-bond acceptors (Lipinski definition) is 4. The normalized spacial score (nSPS) is 23.5. The largest absolute Gasteiger partial charge is 0.351 e. The Kier molecular flexibility index (Phi) is 2.46. The van der Waals surface area contributed by atoms with Gasteiger partial charge in [0.05, 0.1) is 12.2 Å². The SMILES string of the molecule is CN1CC2CN(C(=O)c3ccno3)CCN2C1=O. The lowest BCUT2D eigenvalue weighted by Crippen LogP contribution is -2.53. The summed E-state index contributed by atoms with van der Waals surface area (Å²) in [6.07, 6.45) is 1.45. The molecule has 1 unspecified atom stereocenters. The van der Waals surface area contributed by atoms with E-state index in [0.29, 0.717) is 26.2 Å². The van der Waals surface area contributed by atoms with Crippen LogP contribution in [0.3, 0.4) is 0 Å². The third kappa shape index (κ3) is 1.62. The number of hydrogen-bond donors (Lipinski definition) is 0. The number of rotatable bonds is 1. The minimum atomic E-state index is -0.158. The second-order valence-corrected chi connectivity index (χ2v) is 4.64. The summed E-state index contributed by atoms with van der Waals surface area (Å²) in [4.78, 5) is 29.1. The Balaban J connectivity index is 1.72. The van der Waals surface area contributed by atoms with E-state index in [9.17, 15) is 9.59 Å². The number of carbonyl (C=O) groups excluding carboxylic acids is 2. The van der Waals surface area contributed by atoms with Crippen LogP contribution in [-0.4, -0.2) is 71.1 Å². The number of aromatic nitrogens is 1. The zero-order valence-electron chi connectivity index (χ0n) is 10.1. The molecule has 2 saturated heterocycles. The van der Waals surface area contributed by atoms with Crippen LogP contribution in [0.5, 0.6) is 0 Å². The average molecular weight is 250 g/mol. The van der Waals surface area contributed by atoms with Crippen molar-refractivity contribution in [1.29, 1.82) is 0 Å². The molecule has 0 radical (unpaired) electrons. The van der Waals surface area contributed by atoms with E-state index >= 15 is 0 Å². The fraction of sp³-hybridized carbons (Fsp3) is 0.545. The Morgan fingerprint density at radius 3 is 3.00 bits per heavy atom. The molecule has 18 heavy (non-hydrogen) atoms. The summed E-state index contributed by atoms with van der Waals surface area (Å²) in [6, 6.07) is 1.69. The molecule has 96 valence electrons. The number of carbonyl (C=O) groups is 2. The first kappa shape index (κ1) is 11.1. The predicted octanol–water partition coefficient (Wildman–Crippen LogP) is -0.134. The van der Waals surface area contributed by atoms with Crippen LogP contribution in [0.1, 0.15) is 10.6 Å². The van der Waals surface area contributed by atoms with Crippen molar-refractivity contribution in [1.82, 2.24) is 19.9 Å². The summed E-state index contributed by atoms with van der Waals surface area (Å²) in [7, 11) is 1.78. The van der Waals surface area contributed by atoms with E-state index in [0.717, 1.165) is 0 Å². The van der Waals surface area contributed by atoms with Crippen LogP contribution in [0.4, 0.5) is 4.79 Å². The Bertz CT molecular complexity index is 473. The average Bonchev–Trinajstić information content (AvgIpc) is 2.98. The molecule has 7 heteroatoms. The van der Waals surface area contributed by atoms with Crippen LogP contribution in [0.15, 0.2) is 16.8 Å². The highest BCUT2D eigenvalue weighted by molar-refractivity contribution is 5.91. The molecule has 1 aromatic heterocycles. The van der Waals surface area contributed by atoms with Crippen LogP contribution in [0.25, 0.3) is 0 Å². The smallest absolute Gasteiger partial charge is 0.320 e. The summed E-state index contributed by atoms with van der Waals surface area (Å²) < 4.78 is 4.87. The van der Waals surface area contributed by atoms with Gasteiger partial charge in [-0.2, -0.15) is 0 Å². The van der Waals surface area contributed by atoms with E-state index in [1.165, 1.54) is 6.20 Å². The predicted molar refractivity (Wildman–Crippen MR) is 60.9 cm³/mol. The van der Waals surface area contributed by atoms with Gasteiger partial charge in [-0.1, -0.05) is 5.16 Å². The second kappa shape index (κ2) is 4.01. The molecule has 1 aromatic rings. The van der Waals surface area contributed by atoms with Gasteiger partial charge in [0.1, 0.15) is 0 Å². The third-order valence-electron chi connectivity index (χ3n) is 3.48. The Morgan fingerprint density at radius 1 is 1.44 bits per heavy atom. The standard InChI is InChI=1S/C11H14N4O3/c1-13-6-8-7-14(4-5-15(8)11(13)17)10(16)9-2-3-12-18-9/h2-3,8H,4-7H2,1H3. The molecule has 2 aliphatic rings. The Hall–Kier alpha value is -2.05. The van der Waals surface area contributed by atoms with Crippen molar-refractivity contribution < 1.29 is 14.1 Å². The van der Waals surface area contributed by atoms with Crippen molar-refractivity contribution in [3.63, 3.8) is 0 Å². The van der Waals surface area contributed by atoms with E-state index in [2.05, 4.69) is 5.16 Å². The van der Waals surface area contributed by atoms with Crippen LogP contribution in [-0.2, 0) is 0 Å². The molecule has 0 bridgehead atoms. The number of urea groups is 1. The quantitative estimate of drug-likeness (QED) is 0.696. The number of likely N-dealkylation sites (N-methyl/N-ethyl adjacent to an activating group) is 1. The molecule has 3 amide bonds. The summed E-state index contributed by atoms with van der Waals surface area (Å²) in [5.74, 6) is 0.0929. The van der Waals surface area contributed by atoms with Gasteiger partial charge in [0.15, 0.2) is 0 Å². The van der Waals surface area contributed by atoms with Gasteiger partial charge in [0.2, 0.25) is 5.76 Å². The lowest BCUT2D eigenvalue weighted by atomic mass is 10.2. The molecule has 0 N–H and O–H groups in total. The zero-order chi connectivity index (χ0) is 12.7. The van der Waals surface area contributed by atoms with Gasteiger partial charge >= 0.3 is 6.03 Å². The molecule has 0 saturated carbocycles. The Morgan fingerprint density at radius 2 is 2.28 bits per heavy atom. The highest BCUT2D eigenvalue weighted by atomic mass is 16.5. The lowest BCUT2D eigenvalue weighted by molar-refractivity contribution is 0.0577. The highest BCUT2D eigenvalue weighted by Gasteiger charge is 2.40. The molecular weight excluding hydrogens is 236 g/mol. The molecule has 3 heterocycles. The van der Waals surface area contributed by atoms with E-state index in [1.807, 2.05) is 4.90 Å². The molecule has 2 aliphatic heterocycles. The molecular formula is C11H14N4O3. The van der Waals surface area contributed by atoms with Crippen molar-refractivity contribution >= 4 is 11.9 Å². The summed E-state index contributed by atoms with van der Waals surface area (Å²) in [6.45, 7) is 2.33. The summed E-state index contributed by atoms with van der Waals surface area (Å²) >= 11 is 0. The van der Waals surface area contributed by atoms with Crippen molar-refractivity contribution in [2.24, 2.45) is 0 Å². The zero-order valence-corrected chi connectivity index (χ0v) is 10.1. The topological polar surface area (TPSA) is 69.9 Å². The van der Waals surface area contributed by atoms with Gasteiger partial charge < -0.3 is 19.2 Å². The van der Waals surface area contributed by atoms with Crippen molar-refractivity contribution in [2.75, 3.05) is 33.2 Å². The maximum absolute atomic E-state index is 12.1. The van der Waals surface area contributed by atoms with Gasteiger partial charge in [0, 0.05) is 39.3 Å². The van der Waals surface area contributed by atoms with Gasteiger partial charge in [-0.05, 0) is 0 Å². The van der Waals surface area contributed by atoms with Crippen LogP contribution >= 0.6 is 0 Å². The first-order valence-electron chi connectivity index (χ1n) is 5.88. The molecule has 7 nitrogen and oxygen atoms in total. The summed E-state index contributed by atoms with van der Waals surface area (Å²) in [5, 5.41) is 3.53. The second-order valence-electron chi connectivity index (χ2n) is 4.64. The monoisotopic (exact) mass is 250 g/mol. The molecule has 0 aliphatic carbocycles. The van der Waals surface area contributed by atoms with Crippen LogP contribution in [0, 0.1) is 0 Å². The Labute approximate surface area is 104 Å². The summed E-state index contributed by atoms with van der Waals surface area (Å²) in [5.41, 5.74) is 0. The first-order chi connectivity index (χ1) is 8.66. The molecule has 0 spiro atoms. The molecule has 2 fully saturated rings. The lowest BCUT2D eigenvalue weighted by Gasteiger charge is -2.35. The minimum Gasteiger partial charge on any atom is -0.351 e. The van der Waals surface area contributed by atoms with Crippen molar-refractivity contribution in [2.45, 2.75) is 6.04 Å². The van der Waals surface area contributed by atoms with Gasteiger partial charge in [-0.15, -0.1) is 0 Å². The van der Waals surface area contributed by atoms with E-state index < -0.39 is 0 Å². The fourth-order valence-corrected chi connectivity index (χ4v) is 2.54. The number of nitrogens with zero attached hydrogens (tertiary/aromatic N) is 4. The maximum atomic E-state index is 12.1. The number of piperazine rings is 1. The van der Waals surface area contributed by atoms with E-state index in [1.54, 1.807) is 22.9 Å². The maximum Gasteiger partial charge on any atom is 0.320 e. The highest BCUT2D eigenvalue weighted by Crippen LogP contribution is 2.20. The van der Waals surface area contributed by atoms with Gasteiger partial charge in [-0.25, -0.2) is 4.79 Å². The molecule has 0 aromatic carbocycles. The van der Waals surface area contributed by atoms with E-state index in [4.69, 9.17) is 4.52 Å². The molecule has 1 atom stereocenters. The van der Waals surface area contributed by atoms with Crippen molar-refractivity contribution in [3.8, 4) is 0 Å². The number of amides is 3. The molecule has 3 rings (SSSR count). The van der Waals surface area contributed by atoms with Gasteiger partial charge in [-0.3, -0.25) is 4.79 Å². The number of fused-ring (bicyclic) bond motifs is 1.